The van der Waals surface area contributed by atoms with Crippen LogP contribution >= 0.6 is 15.9 Å². The van der Waals surface area contributed by atoms with Crippen molar-refractivity contribution in [2.75, 3.05) is 5.32 Å². The predicted molar refractivity (Wildman–Crippen MR) is 76.4 cm³/mol. The number of rotatable bonds is 4. The third kappa shape index (κ3) is 3.41. The number of benzene rings is 1. The van der Waals surface area contributed by atoms with Crippen molar-refractivity contribution in [1.29, 1.82) is 0 Å². The van der Waals surface area contributed by atoms with Gasteiger partial charge in [-0.3, -0.25) is 19.6 Å². The van der Waals surface area contributed by atoms with Gasteiger partial charge >= 0.3 is 0 Å². The molecule has 0 fully saturated rings. The van der Waals surface area contributed by atoms with E-state index in [9.17, 15) is 14.9 Å². The molecule has 104 valence electrons. The fraction of sp³-hybridized carbons (Fsp3) is 0.167. The molecule has 2 aromatic rings. The molecule has 1 N–H and O–H groups in total. The Morgan fingerprint density at radius 2 is 2.30 bits per heavy atom. The minimum atomic E-state index is -0.521. The Morgan fingerprint density at radius 1 is 1.55 bits per heavy atom. The third-order valence-corrected chi connectivity index (χ3v) is 2.94. The maximum absolute atomic E-state index is 11.8. The van der Waals surface area contributed by atoms with E-state index >= 15 is 0 Å². The third-order valence-electron chi connectivity index (χ3n) is 2.53. The quantitative estimate of drug-likeness (QED) is 0.684. The van der Waals surface area contributed by atoms with Crippen LogP contribution in [-0.2, 0) is 11.3 Å². The highest BCUT2D eigenvalue weighted by atomic mass is 79.9. The fourth-order valence-corrected chi connectivity index (χ4v) is 1.99. The van der Waals surface area contributed by atoms with E-state index in [0.717, 1.165) is 10.0 Å². The van der Waals surface area contributed by atoms with Crippen LogP contribution in [0.25, 0.3) is 0 Å². The Morgan fingerprint density at radius 3 is 2.90 bits per heavy atom. The second-order valence-corrected chi connectivity index (χ2v) is 5.10. The largest absolute Gasteiger partial charge is 0.319 e. The molecule has 1 amide bonds. The van der Waals surface area contributed by atoms with Crippen LogP contribution in [0.2, 0.25) is 0 Å². The van der Waals surface area contributed by atoms with Crippen molar-refractivity contribution < 1.29 is 9.72 Å². The van der Waals surface area contributed by atoms with Crippen LogP contribution in [-0.4, -0.2) is 20.6 Å². The Bertz CT molecular complexity index is 668. The molecule has 0 saturated carbocycles. The molecule has 2 rings (SSSR count). The summed E-state index contributed by atoms with van der Waals surface area (Å²) >= 11 is 3.22. The molecular formula is C12H11BrN4O3. The molecule has 20 heavy (non-hydrogen) atoms. The van der Waals surface area contributed by atoms with E-state index in [1.54, 1.807) is 25.4 Å². The summed E-state index contributed by atoms with van der Waals surface area (Å²) in [6.45, 7) is 1.73. The zero-order valence-electron chi connectivity index (χ0n) is 10.5. The molecule has 8 heteroatoms. The van der Waals surface area contributed by atoms with Gasteiger partial charge in [-0.1, -0.05) is 6.07 Å². The lowest BCUT2D eigenvalue weighted by molar-refractivity contribution is -0.384. The van der Waals surface area contributed by atoms with Crippen LogP contribution in [0.5, 0.6) is 0 Å². The van der Waals surface area contributed by atoms with Crippen molar-refractivity contribution in [3.8, 4) is 0 Å². The van der Waals surface area contributed by atoms with Gasteiger partial charge in [0, 0.05) is 12.3 Å². The molecule has 1 aromatic carbocycles. The molecule has 0 spiro atoms. The molecule has 7 nitrogen and oxygen atoms in total. The van der Waals surface area contributed by atoms with Gasteiger partial charge < -0.3 is 5.32 Å². The van der Waals surface area contributed by atoms with Crippen molar-refractivity contribution in [3.63, 3.8) is 0 Å². The number of aromatic nitrogens is 2. The normalized spacial score (nSPS) is 10.3. The Labute approximate surface area is 122 Å². The summed E-state index contributed by atoms with van der Waals surface area (Å²) in [5.74, 6) is -0.382. The monoisotopic (exact) mass is 338 g/mol. The van der Waals surface area contributed by atoms with Crippen LogP contribution < -0.4 is 5.32 Å². The van der Waals surface area contributed by atoms with Gasteiger partial charge in [-0.25, -0.2) is 0 Å². The van der Waals surface area contributed by atoms with Crippen LogP contribution in [0.15, 0.2) is 35.1 Å². The van der Waals surface area contributed by atoms with Crippen LogP contribution in [0.4, 0.5) is 11.4 Å². The number of anilines is 1. The van der Waals surface area contributed by atoms with Gasteiger partial charge in [0.05, 0.1) is 15.6 Å². The van der Waals surface area contributed by atoms with Crippen LogP contribution in [0, 0.1) is 17.0 Å². The van der Waals surface area contributed by atoms with Gasteiger partial charge in [0.2, 0.25) is 5.91 Å². The highest BCUT2D eigenvalue weighted by Gasteiger charge is 2.16. The van der Waals surface area contributed by atoms with Gasteiger partial charge in [-0.05, 0) is 34.5 Å². The number of hydrogen-bond donors (Lipinski definition) is 1. The zero-order chi connectivity index (χ0) is 14.7. The molecule has 0 aliphatic heterocycles. The van der Waals surface area contributed by atoms with Crippen molar-refractivity contribution in [2.24, 2.45) is 0 Å². The number of hydrogen-bond acceptors (Lipinski definition) is 4. The lowest BCUT2D eigenvalue weighted by atomic mass is 10.2. The molecule has 0 aliphatic rings. The first-order chi connectivity index (χ1) is 9.45. The number of carbonyl (C=O) groups is 1. The summed E-state index contributed by atoms with van der Waals surface area (Å²) in [7, 11) is 0. The van der Waals surface area contributed by atoms with Crippen molar-refractivity contribution in [3.05, 3.63) is 50.7 Å². The van der Waals surface area contributed by atoms with Crippen molar-refractivity contribution >= 4 is 33.2 Å². The number of nitrogens with one attached hydrogen (secondary N) is 1. The second kappa shape index (κ2) is 5.83. The Kier molecular flexibility index (Phi) is 4.14. The molecule has 0 atom stereocenters. The summed E-state index contributed by atoms with van der Waals surface area (Å²) in [6, 6.07) is 4.64. The molecular weight excluding hydrogens is 328 g/mol. The topological polar surface area (TPSA) is 90.1 Å². The van der Waals surface area contributed by atoms with E-state index in [2.05, 4.69) is 26.3 Å². The molecule has 0 radical (unpaired) electrons. The smallest absolute Gasteiger partial charge is 0.293 e. The lowest BCUT2D eigenvalue weighted by Crippen LogP contribution is -2.19. The molecule has 0 unspecified atom stereocenters. The number of carbonyl (C=O) groups excluding carboxylic acids is 1. The van der Waals surface area contributed by atoms with Gasteiger partial charge in [0.25, 0.3) is 5.69 Å². The van der Waals surface area contributed by atoms with Gasteiger partial charge in [-0.2, -0.15) is 5.10 Å². The average Bonchev–Trinajstić information content (AvgIpc) is 2.76. The van der Waals surface area contributed by atoms with Crippen molar-refractivity contribution in [1.82, 2.24) is 9.78 Å². The Hall–Kier alpha value is -2.22. The Balaban J connectivity index is 2.13. The summed E-state index contributed by atoms with van der Waals surface area (Å²) in [4.78, 5) is 22.3. The lowest BCUT2D eigenvalue weighted by Gasteiger charge is -2.06. The van der Waals surface area contributed by atoms with E-state index in [0.29, 0.717) is 0 Å². The van der Waals surface area contributed by atoms with Crippen LogP contribution in [0.1, 0.15) is 5.56 Å². The first-order valence-electron chi connectivity index (χ1n) is 5.68. The minimum absolute atomic E-state index is 0.0172. The number of halogens is 1. The van der Waals surface area contributed by atoms with E-state index in [1.807, 2.05) is 0 Å². The standard InChI is InChI=1S/C12H11BrN4O3/c1-8-2-3-10(11(4-8)17(19)20)15-12(18)7-16-6-9(13)5-14-16/h2-6H,7H2,1H3,(H,15,18). The summed E-state index contributed by atoms with van der Waals surface area (Å²) in [6.07, 6.45) is 3.20. The first kappa shape index (κ1) is 14.2. The van der Waals surface area contributed by atoms with E-state index in [-0.39, 0.29) is 23.8 Å². The second-order valence-electron chi connectivity index (χ2n) is 4.18. The number of nitro benzene ring substituents is 1. The SMILES string of the molecule is Cc1ccc(NC(=O)Cn2cc(Br)cn2)c([N+](=O)[O-])c1. The molecule has 1 heterocycles. The summed E-state index contributed by atoms with van der Waals surface area (Å²) in [5, 5.41) is 17.4. The molecule has 0 aliphatic carbocycles. The van der Waals surface area contributed by atoms with Gasteiger partial charge in [-0.15, -0.1) is 0 Å². The average molecular weight is 339 g/mol. The predicted octanol–water partition coefficient (Wildman–Crippen LogP) is 2.50. The summed E-state index contributed by atoms with van der Waals surface area (Å²) < 4.78 is 2.19. The minimum Gasteiger partial charge on any atom is -0.319 e. The molecule has 0 saturated heterocycles. The van der Waals surface area contributed by atoms with Gasteiger partial charge in [0.15, 0.2) is 0 Å². The molecule has 1 aromatic heterocycles. The highest BCUT2D eigenvalue weighted by Crippen LogP contribution is 2.25. The number of nitro groups is 1. The van der Waals surface area contributed by atoms with E-state index in [4.69, 9.17) is 0 Å². The maximum Gasteiger partial charge on any atom is 0.293 e. The number of aryl methyl sites for hydroxylation is 1. The van der Waals surface area contributed by atoms with E-state index in [1.165, 1.54) is 16.8 Å². The van der Waals surface area contributed by atoms with Crippen molar-refractivity contribution in [2.45, 2.75) is 13.5 Å². The number of nitrogens with zero attached hydrogens (tertiary/aromatic N) is 3. The van der Waals surface area contributed by atoms with Crippen LogP contribution in [0.3, 0.4) is 0 Å². The maximum atomic E-state index is 11.8. The zero-order valence-corrected chi connectivity index (χ0v) is 12.1. The summed E-state index contributed by atoms with van der Waals surface area (Å²) in [5.41, 5.74) is 0.808. The fourth-order valence-electron chi connectivity index (χ4n) is 1.66. The molecule has 0 bridgehead atoms. The van der Waals surface area contributed by atoms with E-state index < -0.39 is 4.92 Å². The van der Waals surface area contributed by atoms with Gasteiger partial charge in [0.1, 0.15) is 12.2 Å². The first-order valence-corrected chi connectivity index (χ1v) is 6.48. The number of amides is 1. The highest BCUT2D eigenvalue weighted by molar-refractivity contribution is 9.10.